The number of non-ortho nitro benzene ring substituents is 1. The number of nitro benzene ring substituents is 1. The number of aromatic nitrogens is 2. The Morgan fingerprint density at radius 1 is 1.44 bits per heavy atom. The van der Waals surface area contributed by atoms with Crippen LogP contribution in [0.25, 0.3) is 11.5 Å². The zero-order chi connectivity index (χ0) is 11.7. The van der Waals surface area contributed by atoms with Gasteiger partial charge in [0, 0.05) is 24.7 Å². The minimum absolute atomic E-state index is 0.0694. The van der Waals surface area contributed by atoms with E-state index in [1.807, 2.05) is 0 Å². The lowest BCUT2D eigenvalue weighted by molar-refractivity contribution is -0.384. The van der Waals surface area contributed by atoms with Crippen LogP contribution in [0.2, 0.25) is 0 Å². The Balaban J connectivity index is 2.55. The lowest BCUT2D eigenvalue weighted by Gasteiger charge is -1.99. The molecule has 7 heteroatoms. The summed E-state index contributed by atoms with van der Waals surface area (Å²) in [5.41, 5.74) is 6.34. The standard InChI is InChI=1S/C9H8N4O3/c1-5-11-12-9(16-5)7-4-6(13(14)15)2-3-8(7)10/h2-4H,10H2,1H3. The van der Waals surface area contributed by atoms with Crippen molar-refractivity contribution in [3.05, 3.63) is 34.2 Å². The van der Waals surface area contributed by atoms with Gasteiger partial charge in [0.1, 0.15) is 0 Å². The van der Waals surface area contributed by atoms with E-state index in [9.17, 15) is 10.1 Å². The van der Waals surface area contributed by atoms with Gasteiger partial charge >= 0.3 is 0 Å². The molecule has 2 rings (SSSR count). The van der Waals surface area contributed by atoms with Crippen molar-refractivity contribution in [2.24, 2.45) is 0 Å². The quantitative estimate of drug-likeness (QED) is 0.467. The van der Waals surface area contributed by atoms with Crippen LogP contribution in [0.15, 0.2) is 22.6 Å². The molecule has 0 unspecified atom stereocenters. The third-order valence-electron chi connectivity index (χ3n) is 2.00. The Kier molecular flexibility index (Phi) is 2.28. The van der Waals surface area contributed by atoms with E-state index in [2.05, 4.69) is 10.2 Å². The number of rotatable bonds is 2. The second-order valence-electron chi connectivity index (χ2n) is 3.15. The second kappa shape index (κ2) is 3.61. The fourth-order valence-electron chi connectivity index (χ4n) is 1.25. The van der Waals surface area contributed by atoms with Gasteiger partial charge in [0.25, 0.3) is 5.69 Å². The molecule has 0 aliphatic rings. The lowest BCUT2D eigenvalue weighted by atomic mass is 10.1. The van der Waals surface area contributed by atoms with E-state index in [0.29, 0.717) is 17.1 Å². The van der Waals surface area contributed by atoms with E-state index >= 15 is 0 Å². The Bertz CT molecular complexity index is 549. The van der Waals surface area contributed by atoms with Crippen LogP contribution in [-0.4, -0.2) is 15.1 Å². The van der Waals surface area contributed by atoms with Gasteiger partial charge in [0.15, 0.2) is 0 Å². The van der Waals surface area contributed by atoms with E-state index in [1.54, 1.807) is 6.92 Å². The molecular formula is C9H8N4O3. The number of hydrogen-bond acceptors (Lipinski definition) is 6. The number of nitro groups is 1. The van der Waals surface area contributed by atoms with Crippen molar-refractivity contribution in [3.63, 3.8) is 0 Å². The SMILES string of the molecule is Cc1nnc(-c2cc([N+](=O)[O-])ccc2N)o1. The molecule has 0 saturated carbocycles. The van der Waals surface area contributed by atoms with Gasteiger partial charge in [0.05, 0.1) is 10.5 Å². The fourth-order valence-corrected chi connectivity index (χ4v) is 1.25. The van der Waals surface area contributed by atoms with Crippen LogP contribution >= 0.6 is 0 Å². The Labute approximate surface area is 90.0 Å². The largest absolute Gasteiger partial charge is 0.421 e. The van der Waals surface area contributed by atoms with E-state index in [-0.39, 0.29) is 11.6 Å². The van der Waals surface area contributed by atoms with Crippen molar-refractivity contribution >= 4 is 11.4 Å². The van der Waals surface area contributed by atoms with E-state index in [0.717, 1.165) is 0 Å². The van der Waals surface area contributed by atoms with Gasteiger partial charge in [-0.1, -0.05) is 0 Å². The number of anilines is 1. The van der Waals surface area contributed by atoms with Crippen molar-refractivity contribution in [2.75, 3.05) is 5.73 Å². The third kappa shape index (κ3) is 1.70. The van der Waals surface area contributed by atoms with Crippen molar-refractivity contribution in [3.8, 4) is 11.5 Å². The highest BCUT2D eigenvalue weighted by Crippen LogP contribution is 2.28. The minimum Gasteiger partial charge on any atom is -0.421 e. The first-order valence-electron chi connectivity index (χ1n) is 4.42. The molecule has 0 amide bonds. The fraction of sp³-hybridized carbons (Fsp3) is 0.111. The summed E-state index contributed by atoms with van der Waals surface area (Å²) in [5.74, 6) is 0.555. The van der Waals surface area contributed by atoms with Crippen molar-refractivity contribution in [2.45, 2.75) is 6.92 Å². The molecule has 0 spiro atoms. The molecule has 0 aliphatic carbocycles. The Hall–Kier alpha value is -2.44. The molecule has 0 bridgehead atoms. The molecule has 82 valence electrons. The molecule has 2 aromatic rings. The highest BCUT2D eigenvalue weighted by molar-refractivity contribution is 5.72. The topological polar surface area (TPSA) is 108 Å². The number of aryl methyl sites for hydroxylation is 1. The third-order valence-corrected chi connectivity index (χ3v) is 2.00. The monoisotopic (exact) mass is 220 g/mol. The smallest absolute Gasteiger partial charge is 0.270 e. The molecule has 0 aliphatic heterocycles. The average molecular weight is 220 g/mol. The van der Waals surface area contributed by atoms with Crippen LogP contribution in [0.5, 0.6) is 0 Å². The predicted molar refractivity (Wildman–Crippen MR) is 55.5 cm³/mol. The number of nitrogens with zero attached hydrogens (tertiary/aromatic N) is 3. The van der Waals surface area contributed by atoms with Gasteiger partial charge < -0.3 is 10.2 Å². The zero-order valence-electron chi connectivity index (χ0n) is 8.38. The first-order valence-corrected chi connectivity index (χ1v) is 4.42. The van der Waals surface area contributed by atoms with Crippen LogP contribution < -0.4 is 5.73 Å². The van der Waals surface area contributed by atoms with Crippen LogP contribution in [0.3, 0.4) is 0 Å². The first kappa shape index (κ1) is 10.1. The van der Waals surface area contributed by atoms with Gasteiger partial charge in [-0.3, -0.25) is 10.1 Å². The summed E-state index contributed by atoms with van der Waals surface area (Å²) < 4.78 is 5.16. The summed E-state index contributed by atoms with van der Waals surface area (Å²) in [4.78, 5) is 10.1. The predicted octanol–water partition coefficient (Wildman–Crippen LogP) is 1.54. The minimum atomic E-state index is -0.508. The van der Waals surface area contributed by atoms with Gasteiger partial charge in [-0.05, 0) is 6.07 Å². The molecule has 0 radical (unpaired) electrons. The Morgan fingerprint density at radius 2 is 2.19 bits per heavy atom. The van der Waals surface area contributed by atoms with Crippen molar-refractivity contribution in [1.29, 1.82) is 0 Å². The Morgan fingerprint density at radius 3 is 2.75 bits per heavy atom. The van der Waals surface area contributed by atoms with Crippen molar-refractivity contribution < 1.29 is 9.34 Å². The number of benzene rings is 1. The molecule has 0 saturated heterocycles. The molecule has 0 fully saturated rings. The van der Waals surface area contributed by atoms with Gasteiger partial charge in [-0.2, -0.15) is 0 Å². The van der Waals surface area contributed by atoms with E-state index in [1.165, 1.54) is 18.2 Å². The molecule has 1 aromatic heterocycles. The molecule has 0 atom stereocenters. The number of nitrogens with two attached hydrogens (primary N) is 1. The van der Waals surface area contributed by atoms with Gasteiger partial charge in [-0.15, -0.1) is 10.2 Å². The number of hydrogen-bond donors (Lipinski definition) is 1. The lowest BCUT2D eigenvalue weighted by Crippen LogP contribution is -1.93. The summed E-state index contributed by atoms with van der Waals surface area (Å²) in [6.07, 6.45) is 0. The maximum Gasteiger partial charge on any atom is 0.270 e. The van der Waals surface area contributed by atoms with Crippen LogP contribution in [0, 0.1) is 17.0 Å². The van der Waals surface area contributed by atoms with E-state index < -0.39 is 4.92 Å². The molecule has 1 heterocycles. The highest BCUT2D eigenvalue weighted by Gasteiger charge is 2.14. The highest BCUT2D eigenvalue weighted by atomic mass is 16.6. The average Bonchev–Trinajstić information content (AvgIpc) is 2.65. The zero-order valence-corrected chi connectivity index (χ0v) is 8.38. The van der Waals surface area contributed by atoms with Crippen LogP contribution in [0.4, 0.5) is 11.4 Å². The van der Waals surface area contributed by atoms with Crippen molar-refractivity contribution in [1.82, 2.24) is 10.2 Å². The summed E-state index contributed by atoms with van der Waals surface area (Å²) in [7, 11) is 0. The molecule has 2 N–H and O–H groups in total. The van der Waals surface area contributed by atoms with Crippen LogP contribution in [-0.2, 0) is 0 Å². The molecule has 7 nitrogen and oxygen atoms in total. The maximum absolute atomic E-state index is 10.6. The van der Waals surface area contributed by atoms with Gasteiger partial charge in [0.2, 0.25) is 11.8 Å². The normalized spacial score (nSPS) is 10.3. The van der Waals surface area contributed by atoms with Gasteiger partial charge in [-0.25, -0.2) is 0 Å². The summed E-state index contributed by atoms with van der Waals surface area (Å²) >= 11 is 0. The molecule has 16 heavy (non-hydrogen) atoms. The summed E-state index contributed by atoms with van der Waals surface area (Å²) in [6, 6.07) is 4.07. The molecular weight excluding hydrogens is 212 g/mol. The molecule has 1 aromatic carbocycles. The van der Waals surface area contributed by atoms with E-state index in [4.69, 9.17) is 10.2 Å². The first-order chi connectivity index (χ1) is 7.58. The van der Waals surface area contributed by atoms with Crippen LogP contribution in [0.1, 0.15) is 5.89 Å². The maximum atomic E-state index is 10.6. The summed E-state index contributed by atoms with van der Waals surface area (Å²) in [6.45, 7) is 1.63. The second-order valence-corrected chi connectivity index (χ2v) is 3.15. The number of nitrogen functional groups attached to an aromatic ring is 1. The summed E-state index contributed by atoms with van der Waals surface area (Å²) in [5, 5.41) is 18.0.